The minimum absolute atomic E-state index is 0.0890. The molecule has 0 aliphatic rings. The molecule has 130 valence electrons. The zero-order chi connectivity index (χ0) is 18.1. The number of carbonyl (C=O) groups excluding carboxylic acids is 1. The summed E-state index contributed by atoms with van der Waals surface area (Å²) in [5.41, 5.74) is 3.63. The quantitative estimate of drug-likeness (QED) is 0.893. The van der Waals surface area contributed by atoms with Gasteiger partial charge >= 0.3 is 0 Å². The van der Waals surface area contributed by atoms with Crippen LogP contribution in [-0.2, 0) is 28.1 Å². The van der Waals surface area contributed by atoms with Crippen LogP contribution in [0.2, 0.25) is 0 Å². The van der Waals surface area contributed by atoms with Crippen molar-refractivity contribution in [2.45, 2.75) is 38.1 Å². The summed E-state index contributed by atoms with van der Waals surface area (Å²) in [4.78, 5) is 12.6. The van der Waals surface area contributed by atoms with Crippen LogP contribution in [0.1, 0.15) is 35.5 Å². The smallest absolute Gasteiger partial charge is 0.225 e. The molecule has 1 atom stereocenters. The number of amides is 1. The van der Waals surface area contributed by atoms with Crippen molar-refractivity contribution in [3.63, 3.8) is 0 Å². The van der Waals surface area contributed by atoms with Crippen molar-refractivity contribution in [1.82, 2.24) is 15.1 Å². The Morgan fingerprint density at radius 2 is 1.83 bits per heavy atom. The maximum absolute atomic E-state index is 12.3. The molecule has 1 aromatic heterocycles. The van der Waals surface area contributed by atoms with Crippen molar-refractivity contribution in [1.29, 1.82) is 0 Å². The Kier molecular flexibility index (Phi) is 5.13. The first-order chi connectivity index (χ1) is 11.1. The van der Waals surface area contributed by atoms with Gasteiger partial charge in [-0.15, -0.1) is 0 Å². The largest absolute Gasteiger partial charge is 0.349 e. The SMILES string of the molecule is Cc1nn(C)c(C)c1CC(=O)NC(C)c1ccc(S(C)(=O)=O)cc1. The van der Waals surface area contributed by atoms with Gasteiger partial charge < -0.3 is 5.32 Å². The van der Waals surface area contributed by atoms with Gasteiger partial charge in [0.1, 0.15) is 0 Å². The summed E-state index contributed by atoms with van der Waals surface area (Å²) < 4.78 is 24.7. The Labute approximate surface area is 142 Å². The minimum Gasteiger partial charge on any atom is -0.349 e. The third kappa shape index (κ3) is 4.03. The fraction of sp³-hybridized carbons (Fsp3) is 0.412. The molecule has 0 aliphatic carbocycles. The van der Waals surface area contributed by atoms with Crippen molar-refractivity contribution < 1.29 is 13.2 Å². The van der Waals surface area contributed by atoms with E-state index in [1.807, 2.05) is 27.8 Å². The molecule has 0 aliphatic heterocycles. The number of hydrogen-bond donors (Lipinski definition) is 1. The maximum Gasteiger partial charge on any atom is 0.225 e. The minimum atomic E-state index is -3.21. The van der Waals surface area contributed by atoms with E-state index >= 15 is 0 Å². The Bertz CT molecular complexity index is 852. The highest BCUT2D eigenvalue weighted by molar-refractivity contribution is 7.90. The van der Waals surface area contributed by atoms with Crippen molar-refractivity contribution in [3.05, 3.63) is 46.8 Å². The monoisotopic (exact) mass is 349 g/mol. The average molecular weight is 349 g/mol. The van der Waals surface area contributed by atoms with Crippen LogP contribution in [0.5, 0.6) is 0 Å². The van der Waals surface area contributed by atoms with Crippen LogP contribution in [0.15, 0.2) is 29.2 Å². The second-order valence-electron chi connectivity index (χ2n) is 6.08. The van der Waals surface area contributed by atoms with Gasteiger partial charge in [-0.3, -0.25) is 9.48 Å². The molecule has 1 unspecified atom stereocenters. The molecule has 0 fully saturated rings. The van der Waals surface area contributed by atoms with E-state index in [2.05, 4.69) is 10.4 Å². The topological polar surface area (TPSA) is 81.1 Å². The molecule has 7 heteroatoms. The first-order valence-corrected chi connectivity index (χ1v) is 9.57. The van der Waals surface area contributed by atoms with Crippen LogP contribution in [0.25, 0.3) is 0 Å². The van der Waals surface area contributed by atoms with Crippen LogP contribution < -0.4 is 5.32 Å². The number of hydrogen-bond acceptors (Lipinski definition) is 4. The van der Waals surface area contributed by atoms with Gasteiger partial charge in [-0.1, -0.05) is 12.1 Å². The number of rotatable bonds is 5. The highest BCUT2D eigenvalue weighted by atomic mass is 32.2. The molecule has 0 spiro atoms. The van der Waals surface area contributed by atoms with E-state index in [0.717, 1.165) is 22.5 Å². The first-order valence-electron chi connectivity index (χ1n) is 7.68. The lowest BCUT2D eigenvalue weighted by molar-refractivity contribution is -0.121. The summed E-state index contributed by atoms with van der Waals surface area (Å²) >= 11 is 0. The third-order valence-corrected chi connectivity index (χ3v) is 5.31. The zero-order valence-corrected chi connectivity index (χ0v) is 15.4. The molecule has 6 nitrogen and oxygen atoms in total. The number of benzene rings is 1. The van der Waals surface area contributed by atoms with Crippen LogP contribution in [-0.4, -0.2) is 30.4 Å². The number of aromatic nitrogens is 2. The summed E-state index contributed by atoms with van der Waals surface area (Å²) in [6.07, 6.45) is 1.45. The first kappa shape index (κ1) is 18.2. The summed E-state index contributed by atoms with van der Waals surface area (Å²) in [5, 5.41) is 7.25. The molecule has 1 N–H and O–H groups in total. The van der Waals surface area contributed by atoms with Gasteiger partial charge in [0.2, 0.25) is 5.91 Å². The van der Waals surface area contributed by atoms with E-state index in [9.17, 15) is 13.2 Å². The molecular weight excluding hydrogens is 326 g/mol. The second kappa shape index (κ2) is 6.76. The van der Waals surface area contributed by atoms with E-state index in [0.29, 0.717) is 0 Å². The second-order valence-corrected chi connectivity index (χ2v) is 8.10. The highest BCUT2D eigenvalue weighted by Crippen LogP contribution is 2.17. The molecule has 2 aromatic rings. The van der Waals surface area contributed by atoms with Gasteiger partial charge in [-0.25, -0.2) is 8.42 Å². The Hall–Kier alpha value is -2.15. The van der Waals surface area contributed by atoms with Gasteiger partial charge in [-0.05, 0) is 38.5 Å². The molecular formula is C17H23N3O3S. The predicted molar refractivity (Wildman–Crippen MR) is 92.5 cm³/mol. The Morgan fingerprint density at radius 1 is 1.25 bits per heavy atom. The lowest BCUT2D eigenvalue weighted by atomic mass is 10.1. The van der Waals surface area contributed by atoms with Crippen molar-refractivity contribution >= 4 is 15.7 Å². The molecule has 0 radical (unpaired) electrons. The number of aryl methyl sites for hydroxylation is 2. The predicted octanol–water partition coefficient (Wildman–Crippen LogP) is 1.86. The lowest BCUT2D eigenvalue weighted by Gasteiger charge is -2.15. The van der Waals surface area contributed by atoms with Crippen molar-refractivity contribution in [2.75, 3.05) is 6.26 Å². The zero-order valence-electron chi connectivity index (χ0n) is 14.6. The lowest BCUT2D eigenvalue weighted by Crippen LogP contribution is -2.28. The molecule has 2 rings (SSSR count). The van der Waals surface area contributed by atoms with Gasteiger partial charge in [0.05, 0.1) is 23.1 Å². The summed E-state index contributed by atoms with van der Waals surface area (Å²) in [7, 11) is -1.36. The molecule has 1 aromatic carbocycles. The normalized spacial score (nSPS) is 12.9. The van der Waals surface area contributed by atoms with Gasteiger partial charge in [0.25, 0.3) is 0 Å². The van der Waals surface area contributed by atoms with E-state index in [1.54, 1.807) is 28.9 Å². The Morgan fingerprint density at radius 3 is 2.29 bits per heavy atom. The molecule has 0 saturated heterocycles. The van der Waals surface area contributed by atoms with Gasteiger partial charge in [-0.2, -0.15) is 5.10 Å². The molecule has 24 heavy (non-hydrogen) atoms. The van der Waals surface area contributed by atoms with E-state index in [1.165, 1.54) is 6.26 Å². The summed E-state index contributed by atoms with van der Waals surface area (Å²) in [6, 6.07) is 6.36. The highest BCUT2D eigenvalue weighted by Gasteiger charge is 2.16. The molecule has 1 heterocycles. The third-order valence-electron chi connectivity index (χ3n) is 4.18. The van der Waals surface area contributed by atoms with E-state index in [4.69, 9.17) is 0 Å². The van der Waals surface area contributed by atoms with E-state index < -0.39 is 9.84 Å². The van der Waals surface area contributed by atoms with Crippen LogP contribution in [0.4, 0.5) is 0 Å². The van der Waals surface area contributed by atoms with Crippen LogP contribution >= 0.6 is 0 Å². The number of carbonyl (C=O) groups is 1. The molecule has 1 amide bonds. The van der Waals surface area contributed by atoms with Gasteiger partial charge in [0.15, 0.2) is 9.84 Å². The molecule has 0 saturated carbocycles. The number of sulfone groups is 1. The van der Waals surface area contributed by atoms with Gasteiger partial charge in [0, 0.05) is 24.6 Å². The van der Waals surface area contributed by atoms with E-state index in [-0.39, 0.29) is 23.3 Å². The fourth-order valence-electron chi connectivity index (χ4n) is 2.61. The number of nitrogens with zero attached hydrogens (tertiary/aromatic N) is 2. The van der Waals surface area contributed by atoms with Crippen LogP contribution in [0.3, 0.4) is 0 Å². The standard InChI is InChI=1S/C17H23N3O3S/c1-11(14-6-8-15(9-7-14)24(5,22)23)18-17(21)10-16-12(2)19-20(4)13(16)3/h6-9,11H,10H2,1-5H3,(H,18,21). The summed E-state index contributed by atoms with van der Waals surface area (Å²) in [5.74, 6) is -0.0890. The summed E-state index contributed by atoms with van der Waals surface area (Å²) in [6.45, 7) is 5.70. The average Bonchev–Trinajstić information content (AvgIpc) is 2.73. The maximum atomic E-state index is 12.3. The molecule has 0 bridgehead atoms. The van der Waals surface area contributed by atoms with Crippen molar-refractivity contribution in [3.8, 4) is 0 Å². The van der Waals surface area contributed by atoms with Crippen molar-refractivity contribution in [2.24, 2.45) is 7.05 Å². The van der Waals surface area contributed by atoms with Crippen LogP contribution in [0, 0.1) is 13.8 Å². The fourth-order valence-corrected chi connectivity index (χ4v) is 3.24. The number of nitrogens with one attached hydrogen (secondary N) is 1. The Balaban J connectivity index is 2.06.